The molecule has 0 aromatic heterocycles. The molecule has 1 unspecified atom stereocenters. The Morgan fingerprint density at radius 3 is 2.26 bits per heavy atom. The zero-order valence-electron chi connectivity index (χ0n) is 19.1. The van der Waals surface area contributed by atoms with Crippen LogP contribution in [-0.4, -0.2) is 51.7 Å². The van der Waals surface area contributed by atoms with Crippen molar-refractivity contribution >= 4 is 15.8 Å². The van der Waals surface area contributed by atoms with Gasteiger partial charge in [-0.3, -0.25) is 4.90 Å². The third kappa shape index (κ3) is 9.98. The highest BCUT2D eigenvalue weighted by molar-refractivity contribution is 7.89. The molecular formula is C24H36N4O2S. The largest absolute Gasteiger partial charge is 0.357 e. The minimum atomic E-state index is -3.02. The molecule has 0 saturated carbocycles. The Morgan fingerprint density at radius 1 is 1.00 bits per heavy atom. The fraction of sp³-hybridized carbons (Fsp3) is 0.458. The van der Waals surface area contributed by atoms with Crippen LogP contribution in [0.3, 0.4) is 0 Å². The zero-order chi connectivity index (χ0) is 22.7. The molecule has 0 aliphatic rings. The van der Waals surface area contributed by atoms with Crippen LogP contribution in [0, 0.1) is 0 Å². The minimum absolute atomic E-state index is 0.0671. The van der Waals surface area contributed by atoms with Gasteiger partial charge in [-0.1, -0.05) is 54.6 Å². The van der Waals surface area contributed by atoms with Crippen molar-refractivity contribution in [1.29, 1.82) is 0 Å². The van der Waals surface area contributed by atoms with Gasteiger partial charge in [0.1, 0.15) is 0 Å². The Bertz CT molecular complexity index is 912. The van der Waals surface area contributed by atoms with Crippen LogP contribution in [0.2, 0.25) is 0 Å². The number of aliphatic imine (C=N–C) groups is 1. The topological polar surface area (TPSA) is 73.8 Å². The maximum Gasteiger partial charge on any atom is 0.191 e. The van der Waals surface area contributed by atoms with Gasteiger partial charge in [0.2, 0.25) is 0 Å². The van der Waals surface area contributed by atoms with Gasteiger partial charge in [-0.15, -0.1) is 0 Å². The molecule has 31 heavy (non-hydrogen) atoms. The van der Waals surface area contributed by atoms with Crippen LogP contribution in [0.4, 0.5) is 0 Å². The molecule has 0 radical (unpaired) electrons. The predicted octanol–water partition coefficient (Wildman–Crippen LogP) is 3.20. The van der Waals surface area contributed by atoms with Gasteiger partial charge in [-0.25, -0.2) is 13.4 Å². The fourth-order valence-corrected chi connectivity index (χ4v) is 4.00. The van der Waals surface area contributed by atoms with Crippen LogP contribution < -0.4 is 10.6 Å². The van der Waals surface area contributed by atoms with Crippen molar-refractivity contribution < 1.29 is 8.42 Å². The van der Waals surface area contributed by atoms with E-state index in [1.165, 1.54) is 11.8 Å². The number of sulfone groups is 1. The molecule has 2 rings (SSSR count). The summed E-state index contributed by atoms with van der Waals surface area (Å²) in [5.41, 5.74) is 3.17. The summed E-state index contributed by atoms with van der Waals surface area (Å²) in [4.78, 5) is 7.02. The van der Waals surface area contributed by atoms with Gasteiger partial charge >= 0.3 is 0 Å². The molecule has 2 aromatic carbocycles. The van der Waals surface area contributed by atoms with E-state index in [-0.39, 0.29) is 5.75 Å². The monoisotopic (exact) mass is 444 g/mol. The van der Waals surface area contributed by atoms with E-state index in [0.29, 0.717) is 12.6 Å². The number of hydrogen-bond donors (Lipinski definition) is 2. The molecule has 0 saturated heterocycles. The average Bonchev–Trinajstić information content (AvgIpc) is 2.72. The van der Waals surface area contributed by atoms with Crippen LogP contribution in [0.15, 0.2) is 59.6 Å². The predicted molar refractivity (Wildman–Crippen MR) is 130 cm³/mol. The lowest BCUT2D eigenvalue weighted by atomic mass is 10.1. The van der Waals surface area contributed by atoms with Gasteiger partial charge in [-0.05, 0) is 44.0 Å². The molecule has 7 heteroatoms. The molecule has 2 aromatic rings. The Balaban J connectivity index is 1.82. The molecule has 0 aliphatic heterocycles. The molecule has 0 spiro atoms. The molecule has 0 heterocycles. The first kappa shape index (κ1) is 24.9. The van der Waals surface area contributed by atoms with E-state index in [0.717, 1.165) is 43.1 Å². The Labute approximate surface area is 187 Å². The number of nitrogens with one attached hydrogen (secondary N) is 2. The minimum Gasteiger partial charge on any atom is -0.357 e. The highest BCUT2D eigenvalue weighted by atomic mass is 32.2. The summed E-state index contributed by atoms with van der Waals surface area (Å²) in [5, 5.41) is 6.70. The quantitative estimate of drug-likeness (QED) is 0.411. The highest BCUT2D eigenvalue weighted by Gasteiger charge is 2.10. The number of benzene rings is 2. The summed E-state index contributed by atoms with van der Waals surface area (Å²) >= 11 is 0. The lowest BCUT2D eigenvalue weighted by Gasteiger charge is -2.25. The number of rotatable bonds is 11. The third-order valence-electron chi connectivity index (χ3n) is 5.10. The SMILES string of the molecule is CCNC(=NCc1ccc(CS(C)(=O)=O)cc1)NCCC(C)N(C)Cc1ccccc1. The number of hydrogen-bond acceptors (Lipinski definition) is 4. The Morgan fingerprint density at radius 2 is 1.65 bits per heavy atom. The zero-order valence-corrected chi connectivity index (χ0v) is 20.0. The van der Waals surface area contributed by atoms with Crippen molar-refractivity contribution in [2.24, 2.45) is 4.99 Å². The first-order chi connectivity index (χ1) is 14.8. The number of nitrogens with zero attached hydrogens (tertiary/aromatic N) is 2. The second kappa shape index (κ2) is 12.5. The molecule has 6 nitrogen and oxygen atoms in total. The van der Waals surface area contributed by atoms with Crippen molar-refractivity contribution in [3.8, 4) is 0 Å². The smallest absolute Gasteiger partial charge is 0.191 e. The summed E-state index contributed by atoms with van der Waals surface area (Å²) in [7, 11) is -0.858. The summed E-state index contributed by atoms with van der Waals surface area (Å²) in [6, 6.07) is 18.5. The maximum atomic E-state index is 11.4. The second-order valence-electron chi connectivity index (χ2n) is 8.05. The van der Waals surface area contributed by atoms with E-state index >= 15 is 0 Å². The molecule has 170 valence electrons. The van der Waals surface area contributed by atoms with Crippen LogP contribution in [0.1, 0.15) is 37.0 Å². The van der Waals surface area contributed by atoms with E-state index < -0.39 is 9.84 Å². The molecule has 0 amide bonds. The van der Waals surface area contributed by atoms with Crippen molar-refractivity contribution in [2.45, 2.75) is 45.2 Å². The highest BCUT2D eigenvalue weighted by Crippen LogP contribution is 2.09. The second-order valence-corrected chi connectivity index (χ2v) is 10.2. The number of guanidine groups is 1. The summed E-state index contributed by atoms with van der Waals surface area (Å²) in [5.74, 6) is 0.859. The van der Waals surface area contributed by atoms with Crippen molar-refractivity contribution in [2.75, 3.05) is 26.4 Å². The van der Waals surface area contributed by atoms with E-state index in [1.54, 1.807) is 0 Å². The molecule has 2 N–H and O–H groups in total. The molecule has 0 bridgehead atoms. The lowest BCUT2D eigenvalue weighted by molar-refractivity contribution is 0.238. The third-order valence-corrected chi connectivity index (χ3v) is 5.96. The first-order valence-electron chi connectivity index (χ1n) is 10.8. The molecule has 0 aliphatic carbocycles. The van der Waals surface area contributed by atoms with Crippen molar-refractivity contribution in [3.05, 3.63) is 71.3 Å². The van der Waals surface area contributed by atoms with E-state index in [9.17, 15) is 8.42 Å². The van der Waals surface area contributed by atoms with Gasteiger partial charge in [0.25, 0.3) is 0 Å². The molecule has 1 atom stereocenters. The van der Waals surface area contributed by atoms with Crippen LogP contribution in [0.5, 0.6) is 0 Å². The Hall–Kier alpha value is -2.38. The van der Waals surface area contributed by atoms with Gasteiger partial charge in [-0.2, -0.15) is 0 Å². The summed E-state index contributed by atoms with van der Waals surface area (Å²) < 4.78 is 22.8. The van der Waals surface area contributed by atoms with Crippen molar-refractivity contribution in [1.82, 2.24) is 15.5 Å². The standard InChI is InChI=1S/C24H36N4O2S/c1-5-25-24(27-17-21-11-13-23(14-12-21)19-31(4,29)30)26-16-15-20(2)28(3)18-22-9-7-6-8-10-22/h6-14,20H,5,15-19H2,1-4H3,(H2,25,26,27). The van der Waals surface area contributed by atoms with Gasteiger partial charge < -0.3 is 10.6 Å². The van der Waals surface area contributed by atoms with Gasteiger partial charge in [0.15, 0.2) is 15.8 Å². The molecule has 0 fully saturated rings. The van der Waals surface area contributed by atoms with Gasteiger partial charge in [0.05, 0.1) is 12.3 Å². The van der Waals surface area contributed by atoms with E-state index in [4.69, 9.17) is 0 Å². The van der Waals surface area contributed by atoms with Crippen molar-refractivity contribution in [3.63, 3.8) is 0 Å². The Kier molecular flexibility index (Phi) is 10.0. The van der Waals surface area contributed by atoms with Crippen LogP contribution in [-0.2, 0) is 28.7 Å². The molecular weight excluding hydrogens is 408 g/mol. The van der Waals surface area contributed by atoms with E-state index in [2.05, 4.69) is 58.8 Å². The van der Waals surface area contributed by atoms with Gasteiger partial charge in [0, 0.05) is 31.9 Å². The summed E-state index contributed by atoms with van der Waals surface area (Å²) in [6.45, 7) is 7.39. The van der Waals surface area contributed by atoms with E-state index in [1.807, 2.05) is 37.3 Å². The van der Waals surface area contributed by atoms with Crippen LogP contribution >= 0.6 is 0 Å². The fourth-order valence-electron chi connectivity index (χ4n) is 3.20. The van der Waals surface area contributed by atoms with Crippen LogP contribution in [0.25, 0.3) is 0 Å². The lowest BCUT2D eigenvalue weighted by Crippen LogP contribution is -2.40. The first-order valence-corrected chi connectivity index (χ1v) is 12.8. The summed E-state index contributed by atoms with van der Waals surface area (Å²) in [6.07, 6.45) is 2.26. The average molecular weight is 445 g/mol. The normalized spacial score (nSPS) is 13.3. The maximum absolute atomic E-state index is 11.4.